The number of piperazine rings is 1. The molecule has 21 heavy (non-hydrogen) atoms. The van der Waals surface area contributed by atoms with Crippen LogP contribution in [0.3, 0.4) is 0 Å². The number of allylic oxidation sites excluding steroid dienone is 1. The second-order valence-corrected chi connectivity index (χ2v) is 5.40. The smallest absolute Gasteiger partial charge is 0.239 e. The van der Waals surface area contributed by atoms with Crippen molar-refractivity contribution in [2.75, 3.05) is 20.2 Å². The number of carbonyl (C=O) groups is 1. The molecule has 1 amide bonds. The fourth-order valence-corrected chi connectivity index (χ4v) is 2.68. The minimum Gasteiger partial charge on any atom is -0.497 e. The molecule has 5 nitrogen and oxygen atoms in total. The van der Waals surface area contributed by atoms with Crippen LogP contribution in [0.1, 0.15) is 18.4 Å². The highest BCUT2D eigenvalue weighted by Crippen LogP contribution is 2.23. The molecule has 0 saturated carbocycles. The summed E-state index contributed by atoms with van der Waals surface area (Å²) in [4.78, 5) is 13.5. The van der Waals surface area contributed by atoms with E-state index in [2.05, 4.69) is 10.2 Å². The van der Waals surface area contributed by atoms with Gasteiger partial charge in [-0.1, -0.05) is 12.1 Å². The SMILES string of the molecule is COc1ccc(COC2=CN3CC(=O)NCC3CC2)cc1. The number of hydrogen-bond donors (Lipinski definition) is 1. The van der Waals surface area contributed by atoms with Crippen LogP contribution < -0.4 is 10.1 Å². The van der Waals surface area contributed by atoms with Crippen molar-refractivity contribution < 1.29 is 14.3 Å². The molecule has 2 aliphatic rings. The largest absolute Gasteiger partial charge is 0.497 e. The first kappa shape index (κ1) is 13.8. The summed E-state index contributed by atoms with van der Waals surface area (Å²) in [6.07, 6.45) is 3.94. The van der Waals surface area contributed by atoms with Gasteiger partial charge in [0, 0.05) is 25.2 Å². The van der Waals surface area contributed by atoms with Crippen molar-refractivity contribution in [2.45, 2.75) is 25.5 Å². The number of benzene rings is 1. The number of nitrogens with zero attached hydrogens (tertiary/aromatic N) is 1. The lowest BCUT2D eigenvalue weighted by atomic mass is 10.0. The number of ether oxygens (including phenoxy) is 2. The molecule has 2 aliphatic heterocycles. The zero-order valence-electron chi connectivity index (χ0n) is 12.2. The fourth-order valence-electron chi connectivity index (χ4n) is 2.68. The van der Waals surface area contributed by atoms with Crippen LogP contribution in [0.15, 0.2) is 36.2 Å². The lowest BCUT2D eigenvalue weighted by Crippen LogP contribution is -2.53. The molecule has 1 unspecified atom stereocenters. The first-order valence-electron chi connectivity index (χ1n) is 7.23. The highest BCUT2D eigenvalue weighted by Gasteiger charge is 2.28. The minimum atomic E-state index is 0.0823. The summed E-state index contributed by atoms with van der Waals surface area (Å²) in [5, 5.41) is 2.90. The van der Waals surface area contributed by atoms with Gasteiger partial charge in [0.05, 0.1) is 13.7 Å². The summed E-state index contributed by atoms with van der Waals surface area (Å²) >= 11 is 0. The number of hydrogen-bond acceptors (Lipinski definition) is 4. The third-order valence-corrected chi connectivity index (χ3v) is 3.95. The van der Waals surface area contributed by atoms with E-state index >= 15 is 0 Å². The Labute approximate surface area is 124 Å². The Bertz CT molecular complexity index is 539. The fraction of sp³-hybridized carbons (Fsp3) is 0.438. The summed E-state index contributed by atoms with van der Waals surface area (Å²) in [7, 11) is 1.66. The Morgan fingerprint density at radius 2 is 2.14 bits per heavy atom. The molecule has 0 bridgehead atoms. The monoisotopic (exact) mass is 288 g/mol. The standard InChI is InChI=1S/C16H20N2O3/c1-20-14-5-2-12(3-6-14)11-21-15-7-4-13-8-17-16(19)10-18(13)9-15/h2-3,5-6,9,13H,4,7-8,10-11H2,1H3,(H,17,19). The maximum Gasteiger partial charge on any atom is 0.239 e. The molecule has 0 spiro atoms. The maximum atomic E-state index is 11.4. The summed E-state index contributed by atoms with van der Waals surface area (Å²) < 4.78 is 11.0. The van der Waals surface area contributed by atoms with Crippen LogP contribution >= 0.6 is 0 Å². The molecule has 3 rings (SSSR count). The Hall–Kier alpha value is -2.17. The van der Waals surface area contributed by atoms with Crippen LogP contribution in [-0.4, -0.2) is 37.0 Å². The van der Waals surface area contributed by atoms with Gasteiger partial charge in [0.15, 0.2) is 0 Å². The molecule has 2 heterocycles. The third-order valence-electron chi connectivity index (χ3n) is 3.95. The third kappa shape index (κ3) is 3.29. The average Bonchev–Trinajstić information content (AvgIpc) is 2.53. The van der Waals surface area contributed by atoms with Gasteiger partial charge in [0.25, 0.3) is 0 Å². The zero-order chi connectivity index (χ0) is 14.7. The second-order valence-electron chi connectivity index (χ2n) is 5.40. The summed E-state index contributed by atoms with van der Waals surface area (Å²) in [5.41, 5.74) is 1.11. The lowest BCUT2D eigenvalue weighted by molar-refractivity contribution is -0.124. The molecule has 0 aliphatic carbocycles. The van der Waals surface area contributed by atoms with Gasteiger partial charge in [0.2, 0.25) is 5.91 Å². The van der Waals surface area contributed by atoms with E-state index in [0.29, 0.717) is 19.2 Å². The Morgan fingerprint density at radius 1 is 1.33 bits per heavy atom. The van der Waals surface area contributed by atoms with E-state index in [1.165, 1.54) is 0 Å². The van der Waals surface area contributed by atoms with Crippen molar-refractivity contribution in [2.24, 2.45) is 0 Å². The summed E-state index contributed by atoms with van der Waals surface area (Å²) in [5.74, 6) is 1.88. The maximum absolute atomic E-state index is 11.4. The van der Waals surface area contributed by atoms with E-state index < -0.39 is 0 Å². The van der Waals surface area contributed by atoms with Crippen LogP contribution in [0.25, 0.3) is 0 Å². The van der Waals surface area contributed by atoms with Crippen LogP contribution in [0, 0.1) is 0 Å². The number of amides is 1. The molecule has 1 N–H and O–H groups in total. The molecule has 0 radical (unpaired) electrons. The van der Waals surface area contributed by atoms with Crippen molar-refractivity contribution in [3.8, 4) is 5.75 Å². The molecule has 1 fully saturated rings. The first-order chi connectivity index (χ1) is 10.2. The van der Waals surface area contributed by atoms with E-state index in [0.717, 1.165) is 36.5 Å². The topological polar surface area (TPSA) is 50.8 Å². The van der Waals surface area contributed by atoms with Crippen LogP contribution in [-0.2, 0) is 16.1 Å². The molecule has 0 aromatic heterocycles. The van der Waals surface area contributed by atoms with Crippen molar-refractivity contribution in [3.63, 3.8) is 0 Å². The van der Waals surface area contributed by atoms with Crippen molar-refractivity contribution in [1.82, 2.24) is 10.2 Å². The van der Waals surface area contributed by atoms with Gasteiger partial charge in [0.1, 0.15) is 18.1 Å². The molecule has 1 aromatic rings. The van der Waals surface area contributed by atoms with Crippen molar-refractivity contribution >= 4 is 5.91 Å². The van der Waals surface area contributed by atoms with E-state index in [1.54, 1.807) is 7.11 Å². The van der Waals surface area contributed by atoms with Crippen LogP contribution in [0.4, 0.5) is 0 Å². The average molecular weight is 288 g/mol. The first-order valence-corrected chi connectivity index (χ1v) is 7.23. The highest BCUT2D eigenvalue weighted by atomic mass is 16.5. The van der Waals surface area contributed by atoms with Gasteiger partial charge in [-0.05, 0) is 24.1 Å². The van der Waals surface area contributed by atoms with E-state index in [-0.39, 0.29) is 5.91 Å². The highest BCUT2D eigenvalue weighted by molar-refractivity contribution is 5.79. The van der Waals surface area contributed by atoms with Crippen LogP contribution in [0.2, 0.25) is 0 Å². The molecule has 1 atom stereocenters. The molecule has 1 aromatic carbocycles. The Kier molecular flexibility index (Phi) is 3.99. The number of fused-ring (bicyclic) bond motifs is 1. The van der Waals surface area contributed by atoms with Crippen LogP contribution in [0.5, 0.6) is 5.75 Å². The molecule has 112 valence electrons. The van der Waals surface area contributed by atoms with Gasteiger partial charge >= 0.3 is 0 Å². The molecular weight excluding hydrogens is 268 g/mol. The van der Waals surface area contributed by atoms with Gasteiger partial charge in [-0.2, -0.15) is 0 Å². The summed E-state index contributed by atoms with van der Waals surface area (Å²) in [6.45, 7) is 1.71. The Morgan fingerprint density at radius 3 is 2.90 bits per heavy atom. The van der Waals surface area contributed by atoms with Gasteiger partial charge in [-0.15, -0.1) is 0 Å². The molecule has 5 heteroatoms. The summed E-state index contributed by atoms with van der Waals surface area (Å²) in [6, 6.07) is 8.27. The van der Waals surface area contributed by atoms with Crippen molar-refractivity contribution in [3.05, 3.63) is 41.8 Å². The van der Waals surface area contributed by atoms with Gasteiger partial charge in [-0.25, -0.2) is 0 Å². The second kappa shape index (κ2) is 6.08. The number of nitrogens with one attached hydrogen (secondary N) is 1. The molecular formula is C16H20N2O3. The van der Waals surface area contributed by atoms with Gasteiger partial charge in [-0.3, -0.25) is 4.79 Å². The zero-order valence-corrected chi connectivity index (χ0v) is 12.2. The van der Waals surface area contributed by atoms with E-state index in [1.807, 2.05) is 30.5 Å². The molecule has 1 saturated heterocycles. The number of carbonyl (C=O) groups excluding carboxylic acids is 1. The number of rotatable bonds is 4. The predicted octanol–water partition coefficient (Wildman–Crippen LogP) is 1.65. The lowest BCUT2D eigenvalue weighted by Gasteiger charge is -2.38. The number of methoxy groups -OCH3 is 1. The van der Waals surface area contributed by atoms with E-state index in [4.69, 9.17) is 9.47 Å². The van der Waals surface area contributed by atoms with Crippen molar-refractivity contribution in [1.29, 1.82) is 0 Å². The van der Waals surface area contributed by atoms with Gasteiger partial charge < -0.3 is 19.7 Å². The minimum absolute atomic E-state index is 0.0823. The predicted molar refractivity (Wildman–Crippen MR) is 78.6 cm³/mol. The van der Waals surface area contributed by atoms with E-state index in [9.17, 15) is 4.79 Å². The Balaban J connectivity index is 1.58. The quantitative estimate of drug-likeness (QED) is 0.915. The normalized spacial score (nSPS) is 21.2.